The van der Waals surface area contributed by atoms with Gasteiger partial charge >= 0.3 is 0 Å². The Morgan fingerprint density at radius 3 is 2.62 bits per heavy atom. The van der Waals surface area contributed by atoms with E-state index in [-0.39, 0.29) is 16.9 Å². The molecule has 2 N–H and O–H groups in total. The van der Waals surface area contributed by atoms with Crippen molar-refractivity contribution in [1.29, 1.82) is 0 Å². The third kappa shape index (κ3) is 4.55. The molecule has 0 aliphatic rings. The number of halogens is 2. The zero-order valence-corrected chi connectivity index (χ0v) is 14.7. The van der Waals surface area contributed by atoms with Crippen LogP contribution in [-0.4, -0.2) is 15.9 Å². The minimum absolute atomic E-state index is 0.00199. The van der Waals surface area contributed by atoms with E-state index in [2.05, 4.69) is 20.6 Å². The molecule has 7 heteroatoms. The molecule has 0 fully saturated rings. The Hall–Kier alpha value is -2.99. The second-order valence-corrected chi connectivity index (χ2v) is 6.13. The number of nitrogens with zero attached hydrogens (tertiary/aromatic N) is 2. The summed E-state index contributed by atoms with van der Waals surface area (Å²) in [6.07, 6.45) is 2.85. The molecule has 2 aromatic carbocycles. The molecule has 0 spiro atoms. The molecule has 0 atom stereocenters. The fourth-order valence-electron chi connectivity index (χ4n) is 2.32. The van der Waals surface area contributed by atoms with Gasteiger partial charge < -0.3 is 10.6 Å². The van der Waals surface area contributed by atoms with E-state index in [9.17, 15) is 9.18 Å². The third-order valence-corrected chi connectivity index (χ3v) is 3.91. The predicted octanol–water partition coefficient (Wildman–Crippen LogP) is 4.25. The van der Waals surface area contributed by atoms with E-state index in [0.29, 0.717) is 17.8 Å². The van der Waals surface area contributed by atoms with Gasteiger partial charge in [0.1, 0.15) is 5.82 Å². The maximum absolute atomic E-state index is 13.2. The van der Waals surface area contributed by atoms with E-state index in [0.717, 1.165) is 11.1 Å². The summed E-state index contributed by atoms with van der Waals surface area (Å²) in [5.41, 5.74) is 3.05. The number of carbonyl (C=O) groups excluding carboxylic acids is 1. The molecular formula is C19H16ClFN4O. The Morgan fingerprint density at radius 1 is 1.15 bits per heavy atom. The summed E-state index contributed by atoms with van der Waals surface area (Å²) in [4.78, 5) is 20.4. The molecule has 5 nitrogen and oxygen atoms in total. The second kappa shape index (κ2) is 7.93. The van der Waals surface area contributed by atoms with Gasteiger partial charge in [-0.2, -0.15) is 0 Å². The Kier molecular flexibility index (Phi) is 5.43. The van der Waals surface area contributed by atoms with Crippen molar-refractivity contribution in [1.82, 2.24) is 15.3 Å². The van der Waals surface area contributed by atoms with Crippen LogP contribution in [-0.2, 0) is 6.54 Å². The lowest BCUT2D eigenvalue weighted by molar-refractivity contribution is 0.0950. The van der Waals surface area contributed by atoms with E-state index in [1.54, 1.807) is 0 Å². The molecule has 3 aromatic rings. The maximum atomic E-state index is 13.2. The van der Waals surface area contributed by atoms with Gasteiger partial charge in [0.2, 0.25) is 5.95 Å². The van der Waals surface area contributed by atoms with Gasteiger partial charge in [-0.3, -0.25) is 4.79 Å². The first-order valence-corrected chi connectivity index (χ1v) is 8.27. The van der Waals surface area contributed by atoms with Crippen LogP contribution in [0.5, 0.6) is 0 Å². The van der Waals surface area contributed by atoms with E-state index in [1.807, 2.05) is 31.2 Å². The zero-order chi connectivity index (χ0) is 18.5. The molecule has 26 heavy (non-hydrogen) atoms. The van der Waals surface area contributed by atoms with Crippen molar-refractivity contribution in [3.05, 3.63) is 82.4 Å². The van der Waals surface area contributed by atoms with Gasteiger partial charge in [-0.05, 0) is 30.7 Å². The summed E-state index contributed by atoms with van der Waals surface area (Å²) in [6, 6.07) is 12.1. The number of aromatic nitrogens is 2. The molecule has 0 saturated heterocycles. The molecule has 132 valence electrons. The highest BCUT2D eigenvalue weighted by Gasteiger charge is 2.08. The molecule has 0 bridgehead atoms. The summed E-state index contributed by atoms with van der Waals surface area (Å²) < 4.78 is 13.2. The van der Waals surface area contributed by atoms with Crippen LogP contribution in [0, 0.1) is 12.7 Å². The van der Waals surface area contributed by atoms with Crippen LogP contribution in [0.4, 0.5) is 16.0 Å². The van der Waals surface area contributed by atoms with Crippen LogP contribution < -0.4 is 10.6 Å². The molecule has 0 aliphatic heterocycles. The van der Waals surface area contributed by atoms with E-state index in [1.165, 1.54) is 30.6 Å². The number of anilines is 2. The summed E-state index contributed by atoms with van der Waals surface area (Å²) in [7, 11) is 0. The Morgan fingerprint density at radius 2 is 1.92 bits per heavy atom. The van der Waals surface area contributed by atoms with Crippen LogP contribution in [0.15, 0.2) is 54.9 Å². The van der Waals surface area contributed by atoms with Crippen molar-refractivity contribution in [2.75, 3.05) is 5.32 Å². The minimum atomic E-state index is -0.501. The van der Waals surface area contributed by atoms with Crippen molar-refractivity contribution >= 4 is 29.1 Å². The van der Waals surface area contributed by atoms with E-state index < -0.39 is 5.82 Å². The number of hydrogen-bond donors (Lipinski definition) is 2. The van der Waals surface area contributed by atoms with Crippen molar-refractivity contribution in [2.24, 2.45) is 0 Å². The first kappa shape index (κ1) is 17.8. The van der Waals surface area contributed by atoms with Crippen molar-refractivity contribution in [2.45, 2.75) is 13.5 Å². The Labute approximate surface area is 155 Å². The first-order chi connectivity index (χ1) is 12.5. The molecule has 1 amide bonds. The van der Waals surface area contributed by atoms with Crippen molar-refractivity contribution in [3.8, 4) is 0 Å². The molecule has 1 aromatic heterocycles. The zero-order valence-electron chi connectivity index (χ0n) is 14.0. The fourth-order valence-corrected chi connectivity index (χ4v) is 2.50. The van der Waals surface area contributed by atoms with E-state index >= 15 is 0 Å². The van der Waals surface area contributed by atoms with Gasteiger partial charge in [0.15, 0.2) is 0 Å². The molecule has 0 radical (unpaired) electrons. The number of benzene rings is 2. The quantitative estimate of drug-likeness (QED) is 0.704. The number of amides is 1. The number of hydrogen-bond acceptors (Lipinski definition) is 4. The van der Waals surface area contributed by atoms with Crippen LogP contribution in [0.25, 0.3) is 0 Å². The Balaban J connectivity index is 1.61. The van der Waals surface area contributed by atoms with E-state index in [4.69, 9.17) is 11.6 Å². The predicted molar refractivity (Wildman–Crippen MR) is 99.1 cm³/mol. The average Bonchev–Trinajstić information content (AvgIpc) is 2.63. The largest absolute Gasteiger partial charge is 0.348 e. The summed E-state index contributed by atoms with van der Waals surface area (Å²) >= 11 is 5.73. The highest BCUT2D eigenvalue weighted by Crippen LogP contribution is 2.21. The van der Waals surface area contributed by atoms with Gasteiger partial charge in [0.05, 0.1) is 10.6 Å². The van der Waals surface area contributed by atoms with Gasteiger partial charge in [-0.15, -0.1) is 0 Å². The Bertz CT molecular complexity index is 931. The summed E-state index contributed by atoms with van der Waals surface area (Å²) in [6.45, 7) is 2.42. The maximum Gasteiger partial charge on any atom is 0.254 e. The normalized spacial score (nSPS) is 10.4. The highest BCUT2D eigenvalue weighted by molar-refractivity contribution is 6.31. The average molecular weight is 371 g/mol. The second-order valence-electron chi connectivity index (χ2n) is 5.72. The van der Waals surface area contributed by atoms with Gasteiger partial charge in [-0.1, -0.05) is 41.4 Å². The lowest BCUT2D eigenvalue weighted by atomic mass is 10.1. The molecule has 0 aliphatic carbocycles. The first-order valence-electron chi connectivity index (χ1n) is 7.89. The standard InChI is InChI=1S/C19H16ClFN4O/c1-12-3-2-4-13(7-12)9-22-18(26)14-10-23-19(24-11-14)25-15-5-6-17(21)16(20)8-15/h2-8,10-11H,9H2,1H3,(H,22,26)(H,23,24,25). The molecule has 0 unspecified atom stereocenters. The smallest absolute Gasteiger partial charge is 0.254 e. The summed E-state index contributed by atoms with van der Waals surface area (Å²) in [5, 5.41) is 5.73. The lowest BCUT2D eigenvalue weighted by Gasteiger charge is -2.08. The SMILES string of the molecule is Cc1cccc(CNC(=O)c2cnc(Nc3ccc(F)c(Cl)c3)nc2)c1. The van der Waals surface area contributed by atoms with Crippen molar-refractivity contribution < 1.29 is 9.18 Å². The number of aryl methyl sites for hydroxylation is 1. The molecule has 1 heterocycles. The monoisotopic (exact) mass is 370 g/mol. The lowest BCUT2D eigenvalue weighted by Crippen LogP contribution is -2.23. The topological polar surface area (TPSA) is 66.9 Å². The van der Waals surface area contributed by atoms with Crippen LogP contribution in [0.2, 0.25) is 5.02 Å². The van der Waals surface area contributed by atoms with Crippen LogP contribution in [0.3, 0.4) is 0 Å². The fraction of sp³-hybridized carbons (Fsp3) is 0.105. The number of nitrogens with one attached hydrogen (secondary N) is 2. The number of rotatable bonds is 5. The van der Waals surface area contributed by atoms with Gasteiger partial charge in [0.25, 0.3) is 5.91 Å². The minimum Gasteiger partial charge on any atom is -0.348 e. The summed E-state index contributed by atoms with van der Waals surface area (Å²) in [5.74, 6) is -0.482. The van der Waals surface area contributed by atoms with Gasteiger partial charge in [-0.25, -0.2) is 14.4 Å². The molecular weight excluding hydrogens is 355 g/mol. The van der Waals surface area contributed by atoms with Crippen LogP contribution >= 0.6 is 11.6 Å². The third-order valence-electron chi connectivity index (χ3n) is 3.63. The van der Waals surface area contributed by atoms with Crippen LogP contribution in [0.1, 0.15) is 21.5 Å². The van der Waals surface area contributed by atoms with Crippen molar-refractivity contribution in [3.63, 3.8) is 0 Å². The highest BCUT2D eigenvalue weighted by atomic mass is 35.5. The molecule has 0 saturated carbocycles. The molecule has 3 rings (SSSR count). The number of carbonyl (C=O) groups is 1. The van der Waals surface area contributed by atoms with Gasteiger partial charge in [0, 0.05) is 24.6 Å².